The third-order valence-electron chi connectivity index (χ3n) is 8.66. The third kappa shape index (κ3) is 4.28. The molecule has 29 heavy (non-hydrogen) atoms. The van der Waals surface area contributed by atoms with Crippen LogP contribution in [-0.2, 0) is 4.79 Å². The number of alkyl halides is 2. The van der Waals surface area contributed by atoms with E-state index in [1.165, 1.54) is 6.42 Å². The molecule has 3 nitrogen and oxygen atoms in total. The van der Waals surface area contributed by atoms with E-state index in [9.17, 15) is 9.18 Å². The Morgan fingerprint density at radius 3 is 2.45 bits per heavy atom. The molecule has 0 aromatic heterocycles. The molecule has 0 aromatic carbocycles. The lowest BCUT2D eigenvalue weighted by atomic mass is 9.69. The molecule has 8 atom stereocenters. The predicted octanol–water partition coefficient (Wildman–Crippen LogP) is 4.91. The van der Waals surface area contributed by atoms with Crippen LogP contribution in [0.2, 0.25) is 0 Å². The zero-order valence-electron chi connectivity index (χ0n) is 18.7. The first-order valence-electron chi connectivity index (χ1n) is 11.9. The molecule has 4 fully saturated rings. The van der Waals surface area contributed by atoms with Gasteiger partial charge in [0.05, 0.1) is 6.04 Å². The maximum absolute atomic E-state index is 14.6. The summed E-state index contributed by atoms with van der Waals surface area (Å²) in [7, 11) is 2.08. The summed E-state index contributed by atoms with van der Waals surface area (Å²) < 4.78 is 14.6. The smallest absolute Gasteiger partial charge is 0.154 e. The second-order valence-corrected chi connectivity index (χ2v) is 12.1. The predicted molar refractivity (Wildman–Crippen MR) is 117 cm³/mol. The van der Waals surface area contributed by atoms with Crippen LogP contribution in [0, 0.1) is 23.2 Å². The first-order chi connectivity index (χ1) is 13.7. The van der Waals surface area contributed by atoms with E-state index in [0.29, 0.717) is 42.9 Å². The standard InChI is InChI=1S/C24H40ClFN2O/c1-24(2,3)19-14-28(21-12-15(25)7-9-17(19)21)22-13-16(26)8-10-18(22)23(29)20-6-5-11-27(20)4/h15-22H,5-14H2,1-4H3. The SMILES string of the molecule is CN1CCCC1C(=O)C1CCC(F)CC1N1CC(C(C)(C)C)C2CCC(Cl)CC21. The topological polar surface area (TPSA) is 23.6 Å². The summed E-state index contributed by atoms with van der Waals surface area (Å²) in [5.74, 6) is 1.61. The molecule has 0 N–H and O–H groups in total. The fourth-order valence-electron chi connectivity index (χ4n) is 7.08. The summed E-state index contributed by atoms with van der Waals surface area (Å²) in [6, 6.07) is 0.520. The number of carbonyl (C=O) groups excluding carboxylic acids is 1. The van der Waals surface area contributed by atoms with Crippen LogP contribution in [0.15, 0.2) is 0 Å². The molecule has 2 aliphatic carbocycles. The fraction of sp³-hybridized carbons (Fsp3) is 0.958. The Hall–Kier alpha value is -0.190. The zero-order chi connectivity index (χ0) is 20.9. The lowest BCUT2D eigenvalue weighted by molar-refractivity contribution is -0.131. The van der Waals surface area contributed by atoms with E-state index < -0.39 is 6.17 Å². The average Bonchev–Trinajstić information content (AvgIpc) is 3.24. The number of halogens is 2. The van der Waals surface area contributed by atoms with Crippen LogP contribution >= 0.6 is 11.6 Å². The Labute approximate surface area is 181 Å². The molecular formula is C24H40ClFN2O. The van der Waals surface area contributed by atoms with E-state index in [1.54, 1.807) is 0 Å². The minimum Gasteiger partial charge on any atom is -0.298 e. The number of Topliss-reactive ketones (excluding diaryl/α,β-unsaturated/α-hetero) is 1. The highest BCUT2D eigenvalue weighted by Gasteiger charge is 2.53. The van der Waals surface area contributed by atoms with Crippen molar-refractivity contribution in [2.75, 3.05) is 20.1 Å². The molecular weight excluding hydrogens is 387 g/mol. The number of hydrogen-bond acceptors (Lipinski definition) is 3. The largest absolute Gasteiger partial charge is 0.298 e. The van der Waals surface area contributed by atoms with Crippen molar-refractivity contribution < 1.29 is 9.18 Å². The molecule has 2 saturated heterocycles. The van der Waals surface area contributed by atoms with E-state index in [4.69, 9.17) is 11.6 Å². The number of carbonyl (C=O) groups is 1. The van der Waals surface area contributed by atoms with Crippen molar-refractivity contribution in [3.8, 4) is 0 Å². The molecule has 166 valence electrons. The van der Waals surface area contributed by atoms with E-state index >= 15 is 0 Å². The van der Waals surface area contributed by atoms with Crippen molar-refractivity contribution in [2.45, 2.75) is 102 Å². The molecule has 5 heteroatoms. The van der Waals surface area contributed by atoms with Crippen LogP contribution < -0.4 is 0 Å². The molecule has 0 amide bonds. The molecule has 0 spiro atoms. The number of rotatable bonds is 3. The van der Waals surface area contributed by atoms with Gasteiger partial charge in [-0.1, -0.05) is 20.8 Å². The van der Waals surface area contributed by atoms with Crippen molar-refractivity contribution in [3.05, 3.63) is 0 Å². The fourth-order valence-corrected chi connectivity index (χ4v) is 7.39. The van der Waals surface area contributed by atoms with Crippen LogP contribution in [0.4, 0.5) is 4.39 Å². The first-order valence-corrected chi connectivity index (χ1v) is 12.4. The van der Waals surface area contributed by atoms with Gasteiger partial charge in [-0.25, -0.2) is 4.39 Å². The number of nitrogens with zero attached hydrogens (tertiary/aromatic N) is 2. The van der Waals surface area contributed by atoms with Gasteiger partial charge in [-0.05, 0) is 82.2 Å². The molecule has 2 saturated carbocycles. The lowest BCUT2D eigenvalue weighted by Crippen LogP contribution is -2.54. The average molecular weight is 427 g/mol. The summed E-state index contributed by atoms with van der Waals surface area (Å²) in [6.45, 7) is 9.05. The molecule has 2 aliphatic heterocycles. The minimum atomic E-state index is -0.770. The van der Waals surface area contributed by atoms with Crippen LogP contribution in [0.1, 0.15) is 72.1 Å². The quantitative estimate of drug-likeness (QED) is 0.599. The summed E-state index contributed by atoms with van der Waals surface area (Å²) >= 11 is 6.63. The van der Waals surface area contributed by atoms with Gasteiger partial charge in [0, 0.05) is 29.9 Å². The maximum Gasteiger partial charge on any atom is 0.154 e. The minimum absolute atomic E-state index is 0.0115. The number of fused-ring (bicyclic) bond motifs is 1. The highest BCUT2D eigenvalue weighted by Crippen LogP contribution is 2.50. The van der Waals surface area contributed by atoms with Gasteiger partial charge in [0.2, 0.25) is 0 Å². The number of ketones is 1. The normalized spacial score (nSPS) is 44.8. The summed E-state index contributed by atoms with van der Waals surface area (Å²) in [5.41, 5.74) is 0.228. The molecule has 4 aliphatic rings. The molecule has 8 unspecified atom stereocenters. The molecule has 2 heterocycles. The van der Waals surface area contributed by atoms with Crippen molar-refractivity contribution >= 4 is 17.4 Å². The third-order valence-corrected chi connectivity index (χ3v) is 9.06. The highest BCUT2D eigenvalue weighted by molar-refractivity contribution is 6.20. The van der Waals surface area contributed by atoms with Gasteiger partial charge in [0.15, 0.2) is 5.78 Å². The van der Waals surface area contributed by atoms with Crippen molar-refractivity contribution in [1.82, 2.24) is 9.80 Å². The Balaban J connectivity index is 1.60. The van der Waals surface area contributed by atoms with Crippen LogP contribution in [-0.4, -0.2) is 65.4 Å². The molecule has 0 aromatic rings. The van der Waals surface area contributed by atoms with Gasteiger partial charge in [-0.15, -0.1) is 11.6 Å². The second-order valence-electron chi connectivity index (χ2n) is 11.4. The maximum atomic E-state index is 14.6. The summed E-state index contributed by atoms with van der Waals surface area (Å²) in [4.78, 5) is 18.4. The zero-order valence-corrected chi connectivity index (χ0v) is 19.5. The van der Waals surface area contributed by atoms with Gasteiger partial charge in [0.1, 0.15) is 6.17 Å². The van der Waals surface area contributed by atoms with Crippen LogP contribution in [0.3, 0.4) is 0 Å². The van der Waals surface area contributed by atoms with Gasteiger partial charge in [-0.2, -0.15) is 0 Å². The highest BCUT2D eigenvalue weighted by atomic mass is 35.5. The van der Waals surface area contributed by atoms with E-state index in [2.05, 4.69) is 37.6 Å². The van der Waals surface area contributed by atoms with Crippen molar-refractivity contribution in [1.29, 1.82) is 0 Å². The van der Waals surface area contributed by atoms with E-state index in [0.717, 1.165) is 38.8 Å². The van der Waals surface area contributed by atoms with Crippen molar-refractivity contribution in [3.63, 3.8) is 0 Å². The molecule has 0 bridgehead atoms. The van der Waals surface area contributed by atoms with Gasteiger partial charge in [-0.3, -0.25) is 14.6 Å². The van der Waals surface area contributed by atoms with E-state index in [1.807, 2.05) is 0 Å². The number of likely N-dealkylation sites (tertiary alicyclic amines) is 2. The molecule has 0 radical (unpaired) electrons. The van der Waals surface area contributed by atoms with Gasteiger partial charge < -0.3 is 0 Å². The second kappa shape index (κ2) is 8.39. The van der Waals surface area contributed by atoms with Crippen molar-refractivity contribution in [2.24, 2.45) is 23.2 Å². The first kappa shape index (κ1) is 22.0. The molecule has 4 rings (SSSR count). The summed E-state index contributed by atoms with van der Waals surface area (Å²) in [6.07, 6.45) is 6.35. The van der Waals surface area contributed by atoms with Crippen LogP contribution in [0.25, 0.3) is 0 Å². The number of hydrogen-bond donors (Lipinski definition) is 0. The Kier molecular flexibility index (Phi) is 6.37. The van der Waals surface area contributed by atoms with Crippen LogP contribution in [0.5, 0.6) is 0 Å². The lowest BCUT2D eigenvalue weighted by Gasteiger charge is -2.44. The van der Waals surface area contributed by atoms with E-state index in [-0.39, 0.29) is 28.8 Å². The Morgan fingerprint density at radius 2 is 1.79 bits per heavy atom. The Bertz CT molecular complexity index is 608. The monoisotopic (exact) mass is 426 g/mol. The number of likely N-dealkylation sites (N-methyl/N-ethyl adjacent to an activating group) is 1. The Morgan fingerprint density at radius 1 is 1.03 bits per heavy atom. The summed E-state index contributed by atoms with van der Waals surface area (Å²) in [5, 5.41) is 0.220. The van der Waals surface area contributed by atoms with Gasteiger partial charge >= 0.3 is 0 Å². The van der Waals surface area contributed by atoms with Gasteiger partial charge in [0.25, 0.3) is 0 Å².